The second-order valence-corrected chi connectivity index (χ2v) is 6.92. The molecule has 1 aromatic rings. The van der Waals surface area contributed by atoms with Crippen molar-refractivity contribution in [3.05, 3.63) is 30.3 Å². The molecule has 0 amide bonds. The second-order valence-electron chi connectivity index (χ2n) is 4.19. The van der Waals surface area contributed by atoms with E-state index in [4.69, 9.17) is 0 Å². The first-order valence-electron chi connectivity index (χ1n) is 6.66. The molecule has 1 aromatic carbocycles. The first kappa shape index (κ1) is 15.0. The number of hydrogen-bond acceptors (Lipinski definition) is 2. The van der Waals surface area contributed by atoms with Gasteiger partial charge in [-0.2, -0.15) is 23.2 Å². The summed E-state index contributed by atoms with van der Waals surface area (Å²) in [6.45, 7) is 4.53. The highest BCUT2D eigenvalue weighted by molar-refractivity contribution is 8.55. The summed E-state index contributed by atoms with van der Waals surface area (Å²) < 4.78 is 0. The Hall–Kier alpha value is -0.0151. The monoisotopic (exact) mass is 266 g/mol. The van der Waals surface area contributed by atoms with Gasteiger partial charge in [0.25, 0.3) is 0 Å². The van der Waals surface area contributed by atoms with E-state index in [1.54, 1.807) is 0 Å². The van der Waals surface area contributed by atoms with Gasteiger partial charge in [0.15, 0.2) is 0 Å². The topological polar surface area (TPSA) is 0 Å². The summed E-state index contributed by atoms with van der Waals surface area (Å²) >= 11 is 4.23. The number of unbranched alkanes of at least 4 members (excludes halogenated alkanes) is 2. The Kier molecular flexibility index (Phi) is 8.81. The SMILES string of the molecule is CCCCSB(SCCCC)c1ccccc1. The maximum Gasteiger partial charge on any atom is 0.307 e. The molecule has 0 bridgehead atoms. The fraction of sp³-hybridized carbons (Fsp3) is 0.571. The Morgan fingerprint density at radius 2 is 1.41 bits per heavy atom. The lowest BCUT2D eigenvalue weighted by atomic mass is 9.93. The molecule has 0 radical (unpaired) electrons. The van der Waals surface area contributed by atoms with Crippen LogP contribution in [-0.2, 0) is 0 Å². The van der Waals surface area contributed by atoms with Crippen molar-refractivity contribution in [3.8, 4) is 0 Å². The normalized spacial score (nSPS) is 10.5. The average Bonchev–Trinajstić information content (AvgIpc) is 2.38. The van der Waals surface area contributed by atoms with Gasteiger partial charge < -0.3 is 0 Å². The molecule has 0 N–H and O–H groups in total. The Balaban J connectivity index is 2.46. The summed E-state index contributed by atoms with van der Waals surface area (Å²) in [5.41, 5.74) is 1.48. The standard InChI is InChI=1S/C14H23BS2/c1-3-5-12-16-15(17-13-6-4-2)14-10-8-7-9-11-14/h7-11H,3-6,12-13H2,1-2H3. The van der Waals surface area contributed by atoms with Gasteiger partial charge >= 0.3 is 5.27 Å². The number of rotatable bonds is 9. The molecule has 0 heterocycles. The van der Waals surface area contributed by atoms with E-state index in [1.807, 2.05) is 0 Å². The third-order valence-electron chi connectivity index (χ3n) is 2.61. The second kappa shape index (κ2) is 9.96. The zero-order chi connectivity index (χ0) is 12.3. The van der Waals surface area contributed by atoms with Crippen molar-refractivity contribution >= 4 is 34.0 Å². The zero-order valence-corrected chi connectivity index (χ0v) is 12.7. The van der Waals surface area contributed by atoms with Gasteiger partial charge in [-0.15, -0.1) is 0 Å². The molecule has 0 aliphatic carbocycles. The molecular weight excluding hydrogens is 243 g/mol. The molecule has 0 saturated heterocycles. The predicted octanol–water partition coefficient (Wildman–Crippen LogP) is 4.45. The highest BCUT2D eigenvalue weighted by Gasteiger charge is 2.16. The Bertz CT molecular complexity index is 267. The zero-order valence-electron chi connectivity index (χ0n) is 11.0. The van der Waals surface area contributed by atoms with Crippen molar-refractivity contribution in [2.45, 2.75) is 39.5 Å². The summed E-state index contributed by atoms with van der Waals surface area (Å²) in [5.74, 6) is 2.57. The summed E-state index contributed by atoms with van der Waals surface area (Å²) in [4.78, 5) is 0. The lowest BCUT2D eigenvalue weighted by molar-refractivity contribution is 0.897. The third kappa shape index (κ3) is 6.47. The molecule has 0 aromatic heterocycles. The molecular formula is C14H23BS2. The van der Waals surface area contributed by atoms with E-state index in [0.717, 1.165) is 0 Å². The van der Waals surface area contributed by atoms with Crippen LogP contribution in [-0.4, -0.2) is 16.8 Å². The molecule has 0 unspecified atom stereocenters. The van der Waals surface area contributed by atoms with Crippen LogP contribution in [0.3, 0.4) is 0 Å². The van der Waals surface area contributed by atoms with Crippen LogP contribution in [0.1, 0.15) is 39.5 Å². The highest BCUT2D eigenvalue weighted by Crippen LogP contribution is 2.21. The number of benzene rings is 1. The van der Waals surface area contributed by atoms with Gasteiger partial charge in [0.1, 0.15) is 0 Å². The summed E-state index contributed by atoms with van der Waals surface area (Å²) in [7, 11) is 0. The van der Waals surface area contributed by atoms with Gasteiger partial charge in [-0.25, -0.2) is 0 Å². The highest BCUT2D eigenvalue weighted by atomic mass is 32.2. The van der Waals surface area contributed by atoms with Crippen molar-refractivity contribution in [1.82, 2.24) is 0 Å². The fourth-order valence-corrected chi connectivity index (χ4v) is 4.52. The van der Waals surface area contributed by atoms with E-state index >= 15 is 0 Å². The minimum atomic E-state index is 0.634. The van der Waals surface area contributed by atoms with E-state index in [9.17, 15) is 0 Å². The van der Waals surface area contributed by atoms with Crippen LogP contribution in [0.5, 0.6) is 0 Å². The van der Waals surface area contributed by atoms with Crippen molar-refractivity contribution < 1.29 is 0 Å². The lowest BCUT2D eigenvalue weighted by Gasteiger charge is -2.13. The van der Waals surface area contributed by atoms with Gasteiger partial charge in [-0.05, 0) is 24.3 Å². The molecule has 0 saturated carbocycles. The largest absolute Gasteiger partial charge is 0.307 e. The molecule has 0 atom stereocenters. The van der Waals surface area contributed by atoms with Crippen molar-refractivity contribution in [2.24, 2.45) is 0 Å². The van der Waals surface area contributed by atoms with Gasteiger partial charge in [0, 0.05) is 0 Å². The van der Waals surface area contributed by atoms with Crippen LogP contribution < -0.4 is 5.46 Å². The van der Waals surface area contributed by atoms with E-state index in [2.05, 4.69) is 67.4 Å². The molecule has 0 aliphatic rings. The van der Waals surface area contributed by atoms with E-state index < -0.39 is 0 Å². The van der Waals surface area contributed by atoms with E-state index in [-0.39, 0.29) is 0 Å². The van der Waals surface area contributed by atoms with E-state index in [0.29, 0.717) is 5.27 Å². The Labute approximate surface area is 115 Å². The lowest BCUT2D eigenvalue weighted by Crippen LogP contribution is -2.24. The molecule has 1 rings (SSSR count). The first-order valence-corrected chi connectivity index (χ1v) is 8.76. The van der Waals surface area contributed by atoms with Crippen LogP contribution in [0.15, 0.2) is 30.3 Å². The summed E-state index contributed by atoms with van der Waals surface area (Å²) in [6, 6.07) is 10.9. The van der Waals surface area contributed by atoms with Crippen molar-refractivity contribution in [3.63, 3.8) is 0 Å². The maximum absolute atomic E-state index is 2.27. The average molecular weight is 266 g/mol. The fourth-order valence-electron chi connectivity index (χ4n) is 1.52. The molecule has 0 aliphatic heterocycles. The van der Waals surface area contributed by atoms with Gasteiger partial charge in [-0.1, -0.05) is 62.5 Å². The van der Waals surface area contributed by atoms with Crippen LogP contribution >= 0.6 is 23.2 Å². The molecule has 0 fully saturated rings. The van der Waals surface area contributed by atoms with Gasteiger partial charge in [-0.3, -0.25) is 0 Å². The minimum absolute atomic E-state index is 0.634. The summed E-state index contributed by atoms with van der Waals surface area (Å²) in [5, 5.41) is 0.634. The molecule has 0 spiro atoms. The molecule has 17 heavy (non-hydrogen) atoms. The van der Waals surface area contributed by atoms with E-state index in [1.165, 1.54) is 42.7 Å². The van der Waals surface area contributed by atoms with Crippen LogP contribution in [0.25, 0.3) is 0 Å². The first-order chi connectivity index (χ1) is 8.38. The van der Waals surface area contributed by atoms with Gasteiger partial charge in [0.05, 0.1) is 0 Å². The summed E-state index contributed by atoms with van der Waals surface area (Å²) in [6.07, 6.45) is 5.27. The van der Waals surface area contributed by atoms with Crippen LogP contribution in [0.4, 0.5) is 0 Å². The third-order valence-corrected chi connectivity index (χ3v) is 5.62. The maximum atomic E-state index is 2.27. The molecule has 3 heteroatoms. The quantitative estimate of drug-likeness (QED) is 0.478. The Morgan fingerprint density at radius 1 is 0.882 bits per heavy atom. The predicted molar refractivity (Wildman–Crippen MR) is 86.6 cm³/mol. The van der Waals surface area contributed by atoms with Crippen LogP contribution in [0, 0.1) is 0 Å². The number of hydrogen-bond donors (Lipinski definition) is 0. The molecule has 0 nitrogen and oxygen atoms in total. The Morgan fingerprint density at radius 3 is 1.88 bits per heavy atom. The van der Waals surface area contributed by atoms with Crippen LogP contribution in [0.2, 0.25) is 0 Å². The van der Waals surface area contributed by atoms with Crippen molar-refractivity contribution in [1.29, 1.82) is 0 Å². The van der Waals surface area contributed by atoms with Crippen molar-refractivity contribution in [2.75, 3.05) is 11.5 Å². The van der Waals surface area contributed by atoms with Gasteiger partial charge in [0.2, 0.25) is 0 Å². The molecule has 94 valence electrons. The minimum Gasteiger partial charge on any atom is -0.190 e. The smallest absolute Gasteiger partial charge is 0.190 e.